The molecule has 0 aromatic carbocycles. The fourth-order valence-corrected chi connectivity index (χ4v) is 2.29. The molecule has 98 valence electrons. The van der Waals surface area contributed by atoms with Crippen LogP contribution < -0.4 is 0 Å². The summed E-state index contributed by atoms with van der Waals surface area (Å²) in [6.45, 7) is 2.89. The molecule has 0 saturated carbocycles. The van der Waals surface area contributed by atoms with E-state index in [1.165, 1.54) is 6.92 Å². The number of piperidine rings is 1. The molecule has 1 unspecified atom stereocenters. The number of hydrogen-bond acceptors (Lipinski definition) is 3. The van der Waals surface area contributed by atoms with Gasteiger partial charge in [0.25, 0.3) is 5.91 Å². The number of nitrogens with zero attached hydrogens (tertiary/aromatic N) is 1. The van der Waals surface area contributed by atoms with E-state index in [4.69, 9.17) is 5.11 Å². The summed E-state index contributed by atoms with van der Waals surface area (Å²) in [6.07, 6.45) is 3.43. The third-order valence-electron chi connectivity index (χ3n) is 3.38. The molecule has 2 rings (SSSR count). The molecule has 5 nitrogen and oxygen atoms in total. The van der Waals surface area contributed by atoms with E-state index in [0.717, 1.165) is 12.8 Å². The van der Waals surface area contributed by atoms with Gasteiger partial charge in [-0.2, -0.15) is 0 Å². The first-order valence-corrected chi connectivity index (χ1v) is 6.21. The number of rotatable bonds is 3. The van der Waals surface area contributed by atoms with Crippen molar-refractivity contribution in [2.24, 2.45) is 5.92 Å². The molecule has 0 spiro atoms. The van der Waals surface area contributed by atoms with E-state index in [9.17, 15) is 9.59 Å². The average molecular weight is 250 g/mol. The minimum absolute atomic E-state index is 0.0582. The van der Waals surface area contributed by atoms with Crippen LogP contribution in [-0.2, 0) is 0 Å². The van der Waals surface area contributed by atoms with Crippen LogP contribution in [-0.4, -0.2) is 46.4 Å². The Balaban J connectivity index is 2.07. The monoisotopic (exact) mass is 250 g/mol. The Bertz CT molecular complexity index is 453. The Hall–Kier alpha value is -1.62. The maximum Gasteiger partial charge on any atom is 0.270 e. The molecule has 5 heteroatoms. The smallest absolute Gasteiger partial charge is 0.270 e. The summed E-state index contributed by atoms with van der Waals surface area (Å²) < 4.78 is 0. The minimum atomic E-state index is -0.0966. The van der Waals surface area contributed by atoms with Gasteiger partial charge in [-0.05, 0) is 31.7 Å². The number of hydrogen-bond donors (Lipinski definition) is 2. The molecule has 2 heterocycles. The summed E-state index contributed by atoms with van der Waals surface area (Å²) >= 11 is 0. The van der Waals surface area contributed by atoms with E-state index in [1.54, 1.807) is 17.2 Å². The highest BCUT2D eigenvalue weighted by Gasteiger charge is 2.24. The van der Waals surface area contributed by atoms with Gasteiger partial charge in [-0.1, -0.05) is 0 Å². The first kappa shape index (κ1) is 12.8. The quantitative estimate of drug-likeness (QED) is 0.788. The number of aromatic nitrogens is 1. The number of nitrogens with one attached hydrogen (secondary N) is 1. The Morgan fingerprint density at radius 1 is 1.56 bits per heavy atom. The third kappa shape index (κ3) is 2.61. The molecule has 1 fully saturated rings. The van der Waals surface area contributed by atoms with Crippen molar-refractivity contribution in [2.75, 3.05) is 19.7 Å². The summed E-state index contributed by atoms with van der Waals surface area (Å²) in [6, 6.07) is 1.59. The lowest BCUT2D eigenvalue weighted by molar-refractivity contribution is 0.0615. The lowest BCUT2D eigenvalue weighted by Gasteiger charge is -2.31. The molecule has 1 aliphatic rings. The van der Waals surface area contributed by atoms with Crippen LogP contribution >= 0.6 is 0 Å². The van der Waals surface area contributed by atoms with E-state index in [0.29, 0.717) is 24.3 Å². The van der Waals surface area contributed by atoms with Gasteiger partial charge in [0.1, 0.15) is 5.69 Å². The molecule has 1 amide bonds. The van der Waals surface area contributed by atoms with Crippen LogP contribution in [0.15, 0.2) is 12.3 Å². The number of likely N-dealkylation sites (tertiary alicyclic amines) is 1. The van der Waals surface area contributed by atoms with Crippen molar-refractivity contribution in [3.63, 3.8) is 0 Å². The lowest BCUT2D eigenvalue weighted by atomic mass is 9.99. The van der Waals surface area contributed by atoms with Crippen molar-refractivity contribution in [3.05, 3.63) is 23.5 Å². The number of carbonyl (C=O) groups excluding carboxylic acids is 2. The average Bonchev–Trinajstić information content (AvgIpc) is 2.87. The van der Waals surface area contributed by atoms with Crippen molar-refractivity contribution in [1.29, 1.82) is 0 Å². The molecule has 0 radical (unpaired) electrons. The summed E-state index contributed by atoms with van der Waals surface area (Å²) in [5, 5.41) is 9.15. The molecule has 1 atom stereocenters. The number of H-pyrrole nitrogens is 1. The van der Waals surface area contributed by atoms with Crippen molar-refractivity contribution >= 4 is 11.7 Å². The molecular weight excluding hydrogens is 232 g/mol. The Kier molecular flexibility index (Phi) is 3.81. The molecule has 1 aliphatic heterocycles. The summed E-state index contributed by atoms with van der Waals surface area (Å²) in [7, 11) is 0. The first-order chi connectivity index (χ1) is 8.61. The van der Waals surface area contributed by atoms with Crippen LogP contribution in [0.2, 0.25) is 0 Å². The highest BCUT2D eigenvalue weighted by atomic mass is 16.3. The Morgan fingerprint density at radius 2 is 2.33 bits per heavy atom. The lowest BCUT2D eigenvalue weighted by Crippen LogP contribution is -2.41. The fraction of sp³-hybridized carbons (Fsp3) is 0.538. The number of ketones is 1. The Labute approximate surface area is 106 Å². The fourth-order valence-electron chi connectivity index (χ4n) is 2.29. The van der Waals surface area contributed by atoms with Gasteiger partial charge in [0, 0.05) is 31.5 Å². The van der Waals surface area contributed by atoms with Crippen LogP contribution in [0.4, 0.5) is 0 Å². The van der Waals surface area contributed by atoms with E-state index in [2.05, 4.69) is 4.98 Å². The van der Waals surface area contributed by atoms with Gasteiger partial charge >= 0.3 is 0 Å². The minimum Gasteiger partial charge on any atom is -0.396 e. The first-order valence-electron chi connectivity index (χ1n) is 6.21. The molecule has 1 aromatic rings. The van der Waals surface area contributed by atoms with Crippen molar-refractivity contribution in [3.8, 4) is 0 Å². The second kappa shape index (κ2) is 5.35. The van der Waals surface area contributed by atoms with Crippen LogP contribution in [0.25, 0.3) is 0 Å². The SMILES string of the molecule is CC(=O)c1c[nH]c(C(=O)N2CCCC(CO)C2)c1. The van der Waals surface area contributed by atoms with E-state index < -0.39 is 0 Å². The van der Waals surface area contributed by atoms with E-state index in [-0.39, 0.29) is 24.2 Å². The van der Waals surface area contributed by atoms with Gasteiger partial charge in [-0.3, -0.25) is 9.59 Å². The normalized spacial score (nSPS) is 19.9. The van der Waals surface area contributed by atoms with Gasteiger partial charge in [-0.15, -0.1) is 0 Å². The van der Waals surface area contributed by atoms with Crippen LogP contribution in [0.5, 0.6) is 0 Å². The highest BCUT2D eigenvalue weighted by Crippen LogP contribution is 2.18. The topological polar surface area (TPSA) is 73.4 Å². The van der Waals surface area contributed by atoms with Gasteiger partial charge in [-0.25, -0.2) is 0 Å². The second-order valence-electron chi connectivity index (χ2n) is 4.80. The largest absolute Gasteiger partial charge is 0.396 e. The van der Waals surface area contributed by atoms with Crippen LogP contribution in [0.3, 0.4) is 0 Å². The second-order valence-corrected chi connectivity index (χ2v) is 4.80. The van der Waals surface area contributed by atoms with Crippen molar-refractivity contribution in [2.45, 2.75) is 19.8 Å². The summed E-state index contributed by atoms with van der Waals surface area (Å²) in [5.41, 5.74) is 0.966. The predicted octanol–water partition coefficient (Wildman–Crippen LogP) is 1.06. The zero-order valence-corrected chi connectivity index (χ0v) is 10.5. The van der Waals surface area contributed by atoms with Gasteiger partial charge in [0.2, 0.25) is 0 Å². The van der Waals surface area contributed by atoms with Gasteiger partial charge in [0.05, 0.1) is 0 Å². The number of aromatic amines is 1. The highest BCUT2D eigenvalue weighted by molar-refractivity contribution is 5.99. The zero-order chi connectivity index (χ0) is 13.1. The van der Waals surface area contributed by atoms with Crippen LogP contribution in [0.1, 0.15) is 40.6 Å². The van der Waals surface area contributed by atoms with E-state index >= 15 is 0 Å². The standard InChI is InChI=1S/C13H18N2O3/c1-9(17)11-5-12(14-6-11)13(18)15-4-2-3-10(7-15)8-16/h5-6,10,14,16H,2-4,7-8H2,1H3. The zero-order valence-electron chi connectivity index (χ0n) is 10.5. The maximum absolute atomic E-state index is 12.2. The molecule has 18 heavy (non-hydrogen) atoms. The molecule has 0 bridgehead atoms. The molecular formula is C13H18N2O3. The van der Waals surface area contributed by atoms with Crippen molar-refractivity contribution < 1.29 is 14.7 Å². The summed E-state index contributed by atoms with van der Waals surface area (Å²) in [4.78, 5) is 28.0. The van der Waals surface area contributed by atoms with Crippen molar-refractivity contribution in [1.82, 2.24) is 9.88 Å². The number of amides is 1. The van der Waals surface area contributed by atoms with Gasteiger partial charge < -0.3 is 15.0 Å². The molecule has 0 aliphatic carbocycles. The number of Topliss-reactive ketones (excluding diaryl/α,β-unsaturated/α-hetero) is 1. The maximum atomic E-state index is 12.2. The van der Waals surface area contributed by atoms with Gasteiger partial charge in [0.15, 0.2) is 5.78 Å². The number of aliphatic hydroxyl groups excluding tert-OH is 1. The van der Waals surface area contributed by atoms with E-state index in [1.807, 2.05) is 0 Å². The molecule has 2 N–H and O–H groups in total. The summed E-state index contributed by atoms with van der Waals surface area (Å²) in [5.74, 6) is 0.0165. The molecule has 1 aromatic heterocycles. The molecule has 1 saturated heterocycles. The number of carbonyl (C=O) groups is 2. The Morgan fingerprint density at radius 3 is 2.94 bits per heavy atom. The third-order valence-corrected chi connectivity index (χ3v) is 3.38. The number of aliphatic hydroxyl groups is 1. The van der Waals surface area contributed by atoms with Crippen LogP contribution in [0, 0.1) is 5.92 Å². The predicted molar refractivity (Wildman–Crippen MR) is 66.5 cm³/mol.